The van der Waals surface area contributed by atoms with Gasteiger partial charge in [-0.05, 0) is 26.2 Å². The summed E-state index contributed by atoms with van der Waals surface area (Å²) < 4.78 is 0. The van der Waals surface area contributed by atoms with Crippen molar-refractivity contribution in [1.29, 1.82) is 0 Å². The summed E-state index contributed by atoms with van der Waals surface area (Å²) in [5.74, 6) is 1.54. The van der Waals surface area contributed by atoms with E-state index in [0.717, 1.165) is 30.2 Å². The molecule has 1 aromatic rings. The second-order valence-electron chi connectivity index (χ2n) is 3.95. The van der Waals surface area contributed by atoms with Crippen LogP contribution in [0.3, 0.4) is 0 Å². The Hall–Kier alpha value is -0.830. The van der Waals surface area contributed by atoms with Gasteiger partial charge in [-0.25, -0.2) is 9.97 Å². The van der Waals surface area contributed by atoms with Crippen LogP contribution in [0.1, 0.15) is 30.5 Å². The molecular formula is C11H16ClN3. The first kappa shape index (κ1) is 10.7. The topological polar surface area (TPSA) is 29.0 Å². The predicted octanol–water partition coefficient (Wildman–Crippen LogP) is 2.51. The minimum absolute atomic E-state index is 0.467. The molecule has 0 saturated carbocycles. The highest BCUT2D eigenvalue weighted by molar-refractivity contribution is 6.17. The summed E-state index contributed by atoms with van der Waals surface area (Å²) in [6.07, 6.45) is 5.48. The van der Waals surface area contributed by atoms with E-state index in [1.807, 2.05) is 0 Å². The molecule has 0 radical (unpaired) electrons. The first-order chi connectivity index (χ1) is 7.33. The third kappa shape index (κ3) is 2.23. The van der Waals surface area contributed by atoms with E-state index < -0.39 is 0 Å². The van der Waals surface area contributed by atoms with Crippen LogP contribution in [0.2, 0.25) is 0 Å². The molecule has 0 atom stereocenters. The van der Waals surface area contributed by atoms with Crippen LogP contribution in [0, 0.1) is 6.92 Å². The fourth-order valence-corrected chi connectivity index (χ4v) is 2.30. The molecule has 1 aliphatic rings. The summed E-state index contributed by atoms with van der Waals surface area (Å²) in [7, 11) is 0. The Morgan fingerprint density at radius 1 is 1.27 bits per heavy atom. The van der Waals surface area contributed by atoms with Crippen LogP contribution in [0.15, 0.2) is 6.33 Å². The minimum atomic E-state index is 0.467. The average Bonchev–Trinajstić information content (AvgIpc) is 2.30. The van der Waals surface area contributed by atoms with E-state index in [2.05, 4.69) is 21.8 Å². The molecule has 0 bridgehead atoms. The van der Waals surface area contributed by atoms with E-state index >= 15 is 0 Å². The van der Waals surface area contributed by atoms with Crippen LogP contribution >= 0.6 is 11.6 Å². The lowest BCUT2D eigenvalue weighted by molar-refractivity contribution is 0.571. The average molecular weight is 226 g/mol. The summed E-state index contributed by atoms with van der Waals surface area (Å²) in [5, 5.41) is 0. The van der Waals surface area contributed by atoms with E-state index in [1.165, 1.54) is 19.3 Å². The van der Waals surface area contributed by atoms with Crippen LogP contribution in [0.5, 0.6) is 0 Å². The van der Waals surface area contributed by atoms with Gasteiger partial charge < -0.3 is 4.90 Å². The zero-order valence-electron chi connectivity index (χ0n) is 9.04. The van der Waals surface area contributed by atoms with Gasteiger partial charge in [0.05, 0.1) is 11.6 Å². The number of hydrogen-bond acceptors (Lipinski definition) is 3. The van der Waals surface area contributed by atoms with Gasteiger partial charge in [-0.15, -0.1) is 11.6 Å². The summed E-state index contributed by atoms with van der Waals surface area (Å²) in [6, 6.07) is 0. The Labute approximate surface area is 95.5 Å². The first-order valence-corrected chi connectivity index (χ1v) is 5.98. The molecule has 3 nitrogen and oxygen atoms in total. The third-order valence-corrected chi connectivity index (χ3v) is 3.20. The Kier molecular flexibility index (Phi) is 3.41. The Morgan fingerprint density at radius 2 is 2.00 bits per heavy atom. The Bertz CT molecular complexity index is 335. The van der Waals surface area contributed by atoms with Gasteiger partial charge >= 0.3 is 0 Å². The van der Waals surface area contributed by atoms with Crippen LogP contribution in [-0.4, -0.2) is 23.1 Å². The van der Waals surface area contributed by atoms with Crippen molar-refractivity contribution in [2.75, 3.05) is 18.0 Å². The van der Waals surface area contributed by atoms with Gasteiger partial charge in [0, 0.05) is 18.7 Å². The number of nitrogens with zero attached hydrogens (tertiary/aromatic N) is 3. The maximum atomic E-state index is 5.83. The molecule has 82 valence electrons. The summed E-state index contributed by atoms with van der Waals surface area (Å²) in [6.45, 7) is 4.28. The summed E-state index contributed by atoms with van der Waals surface area (Å²) in [4.78, 5) is 10.9. The number of aromatic nitrogens is 2. The number of hydrogen-bond donors (Lipinski definition) is 0. The lowest BCUT2D eigenvalue weighted by Gasteiger charge is -2.29. The van der Waals surface area contributed by atoms with Gasteiger partial charge in [0.15, 0.2) is 0 Å². The van der Waals surface area contributed by atoms with Crippen molar-refractivity contribution in [3.63, 3.8) is 0 Å². The molecule has 2 heterocycles. The molecule has 0 amide bonds. The van der Waals surface area contributed by atoms with Crippen LogP contribution in [0.4, 0.5) is 5.82 Å². The third-order valence-electron chi connectivity index (χ3n) is 2.94. The molecule has 1 aliphatic heterocycles. The maximum Gasteiger partial charge on any atom is 0.135 e. The van der Waals surface area contributed by atoms with E-state index in [-0.39, 0.29) is 0 Å². The van der Waals surface area contributed by atoms with Crippen molar-refractivity contribution in [2.45, 2.75) is 32.1 Å². The number of rotatable bonds is 2. The molecule has 0 aromatic carbocycles. The molecule has 0 spiro atoms. The van der Waals surface area contributed by atoms with Crippen LogP contribution in [-0.2, 0) is 5.88 Å². The zero-order chi connectivity index (χ0) is 10.7. The van der Waals surface area contributed by atoms with E-state index in [4.69, 9.17) is 11.6 Å². The number of anilines is 1. The summed E-state index contributed by atoms with van der Waals surface area (Å²) in [5.41, 5.74) is 2.08. The predicted molar refractivity (Wildman–Crippen MR) is 62.4 cm³/mol. The molecule has 4 heteroatoms. The van der Waals surface area contributed by atoms with E-state index in [0.29, 0.717) is 5.88 Å². The van der Waals surface area contributed by atoms with Gasteiger partial charge in [0.2, 0.25) is 0 Å². The standard InChI is InChI=1S/C11H16ClN3/c1-9-10(7-12)13-8-14-11(9)15-5-3-2-4-6-15/h8H,2-7H2,1H3. The highest BCUT2D eigenvalue weighted by Crippen LogP contribution is 2.22. The Morgan fingerprint density at radius 3 is 2.67 bits per heavy atom. The van der Waals surface area contributed by atoms with Gasteiger partial charge in [0.1, 0.15) is 12.1 Å². The number of halogens is 1. The van der Waals surface area contributed by atoms with Gasteiger partial charge in [-0.1, -0.05) is 0 Å². The van der Waals surface area contributed by atoms with Crippen molar-refractivity contribution in [2.24, 2.45) is 0 Å². The minimum Gasteiger partial charge on any atom is -0.356 e. The fourth-order valence-electron chi connectivity index (χ4n) is 2.04. The van der Waals surface area contributed by atoms with Crippen molar-refractivity contribution in [3.8, 4) is 0 Å². The maximum absolute atomic E-state index is 5.83. The lowest BCUT2D eigenvalue weighted by Crippen LogP contribution is -2.31. The van der Waals surface area contributed by atoms with Gasteiger partial charge in [0.25, 0.3) is 0 Å². The summed E-state index contributed by atoms with van der Waals surface area (Å²) >= 11 is 5.83. The monoisotopic (exact) mass is 225 g/mol. The van der Waals surface area contributed by atoms with Crippen molar-refractivity contribution in [1.82, 2.24) is 9.97 Å². The molecule has 1 saturated heterocycles. The normalized spacial score (nSPS) is 16.8. The Balaban J connectivity index is 2.26. The molecule has 0 unspecified atom stereocenters. The van der Waals surface area contributed by atoms with Crippen molar-refractivity contribution >= 4 is 17.4 Å². The molecular weight excluding hydrogens is 210 g/mol. The van der Waals surface area contributed by atoms with Crippen LogP contribution in [0.25, 0.3) is 0 Å². The fraction of sp³-hybridized carbons (Fsp3) is 0.636. The van der Waals surface area contributed by atoms with Crippen molar-refractivity contribution < 1.29 is 0 Å². The molecule has 0 N–H and O–H groups in total. The quantitative estimate of drug-likeness (QED) is 0.725. The molecule has 15 heavy (non-hydrogen) atoms. The zero-order valence-corrected chi connectivity index (χ0v) is 9.80. The lowest BCUT2D eigenvalue weighted by atomic mass is 10.1. The first-order valence-electron chi connectivity index (χ1n) is 5.44. The highest BCUT2D eigenvalue weighted by atomic mass is 35.5. The second-order valence-corrected chi connectivity index (χ2v) is 4.22. The van der Waals surface area contributed by atoms with Crippen LogP contribution < -0.4 is 4.90 Å². The second kappa shape index (κ2) is 4.79. The van der Waals surface area contributed by atoms with E-state index in [1.54, 1.807) is 6.33 Å². The molecule has 2 rings (SSSR count). The van der Waals surface area contributed by atoms with E-state index in [9.17, 15) is 0 Å². The largest absolute Gasteiger partial charge is 0.356 e. The van der Waals surface area contributed by atoms with Gasteiger partial charge in [-0.3, -0.25) is 0 Å². The van der Waals surface area contributed by atoms with Gasteiger partial charge in [-0.2, -0.15) is 0 Å². The van der Waals surface area contributed by atoms with Crippen molar-refractivity contribution in [3.05, 3.63) is 17.6 Å². The molecule has 0 aliphatic carbocycles. The molecule has 1 aromatic heterocycles. The SMILES string of the molecule is Cc1c(CCl)ncnc1N1CCCCC1. The molecule has 1 fully saturated rings. The highest BCUT2D eigenvalue weighted by Gasteiger charge is 2.15. The smallest absolute Gasteiger partial charge is 0.135 e. The number of piperidine rings is 1. The number of alkyl halides is 1.